The fourth-order valence-corrected chi connectivity index (χ4v) is 4.42. The van der Waals surface area contributed by atoms with Crippen molar-refractivity contribution < 1.29 is 28.0 Å². The number of hydrogen-bond donors (Lipinski definition) is 1. The minimum Gasteiger partial charge on any atom is -0.398 e. The van der Waals surface area contributed by atoms with E-state index in [0.717, 1.165) is 17.0 Å². The highest BCUT2D eigenvalue weighted by Gasteiger charge is 2.54. The van der Waals surface area contributed by atoms with E-state index in [9.17, 15) is 28.0 Å². The Hall–Kier alpha value is -2.94. The van der Waals surface area contributed by atoms with E-state index in [1.807, 2.05) is 5.32 Å². The molecule has 1 fully saturated rings. The van der Waals surface area contributed by atoms with Gasteiger partial charge in [-0.1, -0.05) is 41.7 Å². The van der Waals surface area contributed by atoms with Crippen molar-refractivity contribution in [3.63, 3.8) is 0 Å². The summed E-state index contributed by atoms with van der Waals surface area (Å²) >= 11 is 5.72. The third-order valence-corrected chi connectivity index (χ3v) is 6.96. The molecule has 4 amide bonds. The first kappa shape index (κ1) is 28.1. The van der Waals surface area contributed by atoms with Crippen molar-refractivity contribution >= 4 is 82.4 Å². The molecular formula is C22H12B6ClF2N3O4. The Labute approximate surface area is 229 Å². The van der Waals surface area contributed by atoms with Crippen LogP contribution in [0.1, 0.15) is 27.0 Å². The van der Waals surface area contributed by atoms with E-state index >= 15 is 0 Å². The molecular weight excluding hydrogens is 509 g/mol. The summed E-state index contributed by atoms with van der Waals surface area (Å²) in [7, 11) is 35.7. The van der Waals surface area contributed by atoms with Crippen LogP contribution in [0.3, 0.4) is 0 Å². The lowest BCUT2D eigenvalue weighted by atomic mass is 9.48. The lowest BCUT2D eigenvalue weighted by Gasteiger charge is -2.48. The number of fused-ring (bicyclic) bond motifs is 1. The van der Waals surface area contributed by atoms with Crippen molar-refractivity contribution in [2.75, 3.05) is 0 Å². The van der Waals surface area contributed by atoms with Gasteiger partial charge in [0.05, 0.1) is 36.8 Å². The van der Waals surface area contributed by atoms with E-state index in [2.05, 4.69) is 0 Å². The van der Waals surface area contributed by atoms with Gasteiger partial charge in [-0.3, -0.25) is 24.5 Å². The lowest BCUT2D eigenvalue weighted by molar-refractivity contribution is -0.155. The second-order valence-corrected chi connectivity index (χ2v) is 9.48. The van der Waals surface area contributed by atoms with Crippen molar-refractivity contribution in [2.24, 2.45) is 0 Å². The molecule has 0 aliphatic carbocycles. The van der Waals surface area contributed by atoms with Gasteiger partial charge in [0.2, 0.25) is 19.8 Å². The average molecular weight is 521 g/mol. The zero-order valence-electron chi connectivity index (χ0n) is 19.5. The minimum absolute atomic E-state index is 0.0164. The topological polar surface area (TPSA) is 86.8 Å². The second kappa shape index (κ2) is 9.36. The van der Waals surface area contributed by atoms with Crippen LogP contribution >= 0.6 is 11.6 Å². The molecule has 1 N–H and O–H groups in total. The number of rotatable bonds is 5. The average Bonchev–Trinajstić information content (AvgIpc) is 3.21. The number of halogens is 3. The van der Waals surface area contributed by atoms with Crippen LogP contribution in [-0.4, -0.2) is 86.0 Å². The van der Waals surface area contributed by atoms with Gasteiger partial charge in [0.25, 0.3) is 11.8 Å². The van der Waals surface area contributed by atoms with Crippen molar-refractivity contribution in [2.45, 2.75) is 34.9 Å². The van der Waals surface area contributed by atoms with Gasteiger partial charge in [-0.2, -0.15) is 8.78 Å². The van der Waals surface area contributed by atoms with Crippen LogP contribution in [0.4, 0.5) is 8.78 Å². The number of nitrogens with zero attached hydrogens (tertiary/aromatic N) is 2. The molecule has 12 radical (unpaired) electrons. The molecule has 16 heteroatoms. The Balaban J connectivity index is 1.63. The largest absolute Gasteiger partial charge is 0.398 e. The fraction of sp³-hybridized carbons (Fsp3) is 0.273. The van der Waals surface area contributed by atoms with Gasteiger partial charge < -0.3 is 9.71 Å². The van der Waals surface area contributed by atoms with Gasteiger partial charge >= 0.3 is 5.92 Å². The number of piperidine rings is 1. The van der Waals surface area contributed by atoms with Crippen LogP contribution in [0, 0.1) is 0 Å². The van der Waals surface area contributed by atoms with Crippen LogP contribution in [0.15, 0.2) is 42.5 Å². The summed E-state index contributed by atoms with van der Waals surface area (Å²) in [5.41, 5.74) is -2.73. The summed E-state index contributed by atoms with van der Waals surface area (Å²) in [6.45, 7) is -0.309. The van der Waals surface area contributed by atoms with Crippen molar-refractivity contribution in [1.29, 1.82) is 0 Å². The standard InChI is InChI=1S/C22H12B6ClF2N3O4/c23-14-15(24)20(25,18(37)32-16(14)35)33-8-9-7-11(3-6-13(9)17(33)36)22(26,27)34(28)19(38)21(30,31)10-1-4-12(29)5-2-10/h1-7,14-15H,8H2,(H,32,35,37). The Morgan fingerprint density at radius 3 is 2.26 bits per heavy atom. The van der Waals surface area contributed by atoms with E-state index in [0.29, 0.717) is 0 Å². The maximum atomic E-state index is 14.9. The Bertz CT molecular complexity index is 1370. The lowest BCUT2D eigenvalue weighted by Crippen LogP contribution is -2.67. The van der Waals surface area contributed by atoms with Gasteiger partial charge in [0.15, 0.2) is 0 Å². The quantitative estimate of drug-likeness (QED) is 0.440. The molecule has 1 saturated heterocycles. The summed E-state index contributed by atoms with van der Waals surface area (Å²) in [5.74, 6) is -11.5. The van der Waals surface area contributed by atoms with Gasteiger partial charge in [-0.25, -0.2) is 0 Å². The van der Waals surface area contributed by atoms with Crippen molar-refractivity contribution in [3.05, 3.63) is 69.7 Å². The van der Waals surface area contributed by atoms with E-state index in [-0.39, 0.29) is 33.1 Å². The molecule has 3 unspecified atom stereocenters. The third kappa shape index (κ3) is 4.19. The molecule has 2 aliphatic heterocycles. The summed E-state index contributed by atoms with van der Waals surface area (Å²) in [6, 6.07) is 7.95. The number of amides is 4. The normalized spacial score (nSPS) is 23.7. The van der Waals surface area contributed by atoms with Gasteiger partial charge in [-0.05, 0) is 40.5 Å². The molecule has 38 heavy (non-hydrogen) atoms. The molecule has 7 nitrogen and oxygen atoms in total. The van der Waals surface area contributed by atoms with E-state index in [4.69, 9.17) is 58.8 Å². The summed E-state index contributed by atoms with van der Waals surface area (Å²) in [4.78, 5) is 51.2. The number of carbonyl (C=O) groups is 4. The van der Waals surface area contributed by atoms with Gasteiger partial charge in [0.1, 0.15) is 7.85 Å². The highest BCUT2D eigenvalue weighted by molar-refractivity contribution is 6.44. The Morgan fingerprint density at radius 2 is 1.66 bits per heavy atom. The zero-order valence-corrected chi connectivity index (χ0v) is 20.3. The Kier molecular flexibility index (Phi) is 6.92. The maximum Gasteiger partial charge on any atom is 0.348 e. The predicted molar refractivity (Wildman–Crippen MR) is 138 cm³/mol. The van der Waals surface area contributed by atoms with Crippen molar-refractivity contribution in [3.8, 4) is 0 Å². The number of imide groups is 1. The van der Waals surface area contributed by atoms with E-state index < -0.39 is 57.5 Å². The highest BCUT2D eigenvalue weighted by Crippen LogP contribution is 2.42. The van der Waals surface area contributed by atoms with E-state index in [1.165, 1.54) is 30.3 Å². The fourth-order valence-electron chi connectivity index (χ4n) is 4.30. The SMILES string of the molecule is [B]C1C(=O)NC(=O)C([B])(N2Cc3cc(C([B])([B])N([B])C(=O)C(F)(F)c4ccc(Cl)cc4)ccc3C2=O)C1[B]. The molecule has 0 saturated carbocycles. The molecule has 2 aromatic carbocycles. The first-order valence-electron chi connectivity index (χ1n) is 11.0. The first-order valence-corrected chi connectivity index (χ1v) is 11.3. The summed E-state index contributed by atoms with van der Waals surface area (Å²) in [6.07, 6.45) is 0. The molecule has 2 aromatic rings. The molecule has 3 atom stereocenters. The predicted octanol–water partition coefficient (Wildman–Crippen LogP) is -0.118. The number of carbonyl (C=O) groups excluding carboxylic acids is 4. The number of benzene rings is 2. The molecule has 178 valence electrons. The molecule has 2 heterocycles. The number of nitrogens with one attached hydrogen (secondary N) is 1. The summed E-state index contributed by atoms with van der Waals surface area (Å²) < 4.78 is 29.8. The van der Waals surface area contributed by atoms with Crippen molar-refractivity contribution in [1.82, 2.24) is 15.0 Å². The van der Waals surface area contributed by atoms with Gasteiger partial charge in [-0.15, -0.1) is 0 Å². The zero-order chi connectivity index (χ0) is 28.4. The van der Waals surface area contributed by atoms with Crippen LogP contribution in [0.25, 0.3) is 0 Å². The Morgan fingerprint density at radius 1 is 1.08 bits per heavy atom. The minimum atomic E-state index is -4.11. The molecule has 0 aromatic heterocycles. The monoisotopic (exact) mass is 521 g/mol. The maximum absolute atomic E-state index is 14.9. The van der Waals surface area contributed by atoms with Gasteiger partial charge in [0, 0.05) is 22.7 Å². The number of alkyl halides is 2. The first-order chi connectivity index (χ1) is 17.5. The smallest absolute Gasteiger partial charge is 0.348 e. The number of hydrogen-bond acceptors (Lipinski definition) is 4. The molecule has 4 rings (SSSR count). The highest BCUT2D eigenvalue weighted by atomic mass is 35.5. The second-order valence-electron chi connectivity index (χ2n) is 9.04. The van der Waals surface area contributed by atoms with Crippen LogP contribution < -0.4 is 5.32 Å². The molecule has 0 spiro atoms. The van der Waals surface area contributed by atoms with Crippen LogP contribution in [0.5, 0.6) is 0 Å². The third-order valence-electron chi connectivity index (χ3n) is 6.71. The van der Waals surface area contributed by atoms with Crippen LogP contribution in [0.2, 0.25) is 16.7 Å². The summed E-state index contributed by atoms with van der Waals surface area (Å²) in [5, 5.41) is -0.303. The van der Waals surface area contributed by atoms with Crippen LogP contribution in [-0.2, 0) is 32.2 Å². The molecule has 2 aliphatic rings. The van der Waals surface area contributed by atoms with E-state index in [1.54, 1.807) is 0 Å². The molecule has 0 bridgehead atoms.